The van der Waals surface area contributed by atoms with Crippen molar-refractivity contribution in [3.8, 4) is 0 Å². The zero-order chi connectivity index (χ0) is 15.1. The predicted octanol–water partition coefficient (Wildman–Crippen LogP) is 1.09. The first-order valence-corrected chi connectivity index (χ1v) is 8.52. The molecule has 0 amide bonds. The van der Waals surface area contributed by atoms with Crippen LogP contribution in [0.2, 0.25) is 0 Å². The molecule has 21 heavy (non-hydrogen) atoms. The number of carbonyl (C=O) groups is 1. The third kappa shape index (κ3) is 4.94. The Balaban J connectivity index is 1.75. The number of esters is 1. The van der Waals surface area contributed by atoms with Crippen LogP contribution in [0.15, 0.2) is 0 Å². The Bertz CT molecular complexity index is 311. The number of likely N-dealkylation sites (tertiary alicyclic amines) is 2. The van der Waals surface area contributed by atoms with Gasteiger partial charge in [0, 0.05) is 12.6 Å². The van der Waals surface area contributed by atoms with E-state index >= 15 is 0 Å². The van der Waals surface area contributed by atoms with Crippen LogP contribution >= 0.6 is 0 Å². The van der Waals surface area contributed by atoms with Gasteiger partial charge in [-0.2, -0.15) is 0 Å². The van der Waals surface area contributed by atoms with Crippen LogP contribution in [0.1, 0.15) is 39.0 Å². The standard InChI is InChI=1S/C16H31N3O2/c1-3-17-15(16(20)21-2)13-18-11-7-14(8-12-18)19-9-5-4-6-10-19/h14-15,17H,3-13H2,1-2H3. The van der Waals surface area contributed by atoms with Gasteiger partial charge < -0.3 is 19.9 Å². The number of hydrogen-bond acceptors (Lipinski definition) is 5. The molecule has 2 aliphatic heterocycles. The topological polar surface area (TPSA) is 44.8 Å². The molecule has 0 saturated carbocycles. The van der Waals surface area contributed by atoms with E-state index in [0.717, 1.165) is 32.2 Å². The van der Waals surface area contributed by atoms with E-state index in [2.05, 4.69) is 15.1 Å². The Morgan fingerprint density at radius 1 is 1.19 bits per heavy atom. The molecule has 0 aromatic carbocycles. The molecule has 0 spiro atoms. The van der Waals surface area contributed by atoms with Gasteiger partial charge in [0.05, 0.1) is 7.11 Å². The van der Waals surface area contributed by atoms with Crippen molar-refractivity contribution in [1.29, 1.82) is 0 Å². The summed E-state index contributed by atoms with van der Waals surface area (Å²) >= 11 is 0. The Morgan fingerprint density at radius 2 is 1.86 bits per heavy atom. The monoisotopic (exact) mass is 297 g/mol. The second-order valence-electron chi connectivity index (χ2n) is 6.26. The molecule has 0 bridgehead atoms. The lowest BCUT2D eigenvalue weighted by Crippen LogP contribution is -2.51. The van der Waals surface area contributed by atoms with Gasteiger partial charge in [-0.25, -0.2) is 0 Å². The van der Waals surface area contributed by atoms with Crippen molar-refractivity contribution in [2.75, 3.05) is 46.4 Å². The first-order chi connectivity index (χ1) is 10.2. The van der Waals surface area contributed by atoms with Gasteiger partial charge in [0.2, 0.25) is 0 Å². The molecule has 2 saturated heterocycles. The quantitative estimate of drug-likeness (QED) is 0.744. The molecule has 1 N–H and O–H groups in total. The smallest absolute Gasteiger partial charge is 0.324 e. The van der Waals surface area contributed by atoms with Crippen LogP contribution in [0.3, 0.4) is 0 Å². The highest BCUT2D eigenvalue weighted by atomic mass is 16.5. The summed E-state index contributed by atoms with van der Waals surface area (Å²) in [6.07, 6.45) is 6.61. The predicted molar refractivity (Wildman–Crippen MR) is 84.4 cm³/mol. The summed E-state index contributed by atoms with van der Waals surface area (Å²) in [7, 11) is 1.47. The third-order valence-corrected chi connectivity index (χ3v) is 4.84. The van der Waals surface area contributed by atoms with Crippen molar-refractivity contribution in [1.82, 2.24) is 15.1 Å². The van der Waals surface area contributed by atoms with E-state index in [9.17, 15) is 4.79 Å². The number of methoxy groups -OCH3 is 1. The van der Waals surface area contributed by atoms with Crippen molar-refractivity contribution in [2.24, 2.45) is 0 Å². The molecule has 0 aromatic heterocycles. The van der Waals surface area contributed by atoms with Gasteiger partial charge in [-0.05, 0) is 58.4 Å². The number of nitrogens with one attached hydrogen (secondary N) is 1. The maximum atomic E-state index is 11.8. The Kier molecular flexibility index (Phi) is 6.93. The summed E-state index contributed by atoms with van der Waals surface area (Å²) in [6, 6.07) is 0.573. The fraction of sp³-hybridized carbons (Fsp3) is 0.938. The summed E-state index contributed by atoms with van der Waals surface area (Å²) in [5.74, 6) is -0.144. The SMILES string of the molecule is CCNC(CN1CCC(N2CCCCC2)CC1)C(=O)OC. The van der Waals surface area contributed by atoms with Crippen LogP contribution < -0.4 is 5.32 Å². The lowest BCUT2D eigenvalue weighted by Gasteiger charge is -2.40. The average Bonchev–Trinajstić information content (AvgIpc) is 2.55. The minimum absolute atomic E-state index is 0.144. The number of ether oxygens (including phenoxy) is 1. The molecule has 2 heterocycles. The van der Waals surface area contributed by atoms with E-state index in [-0.39, 0.29) is 12.0 Å². The average molecular weight is 297 g/mol. The highest BCUT2D eigenvalue weighted by molar-refractivity contribution is 5.75. The van der Waals surface area contributed by atoms with Crippen molar-refractivity contribution >= 4 is 5.97 Å². The summed E-state index contributed by atoms with van der Waals surface area (Å²) in [4.78, 5) is 16.9. The number of piperidine rings is 2. The summed E-state index contributed by atoms with van der Waals surface area (Å²) in [6.45, 7) is 8.36. The van der Waals surface area contributed by atoms with E-state index in [0.29, 0.717) is 0 Å². The number of rotatable bonds is 6. The first kappa shape index (κ1) is 16.7. The number of likely N-dealkylation sites (N-methyl/N-ethyl adjacent to an activating group) is 1. The van der Waals surface area contributed by atoms with Crippen molar-refractivity contribution < 1.29 is 9.53 Å². The lowest BCUT2D eigenvalue weighted by atomic mass is 9.99. The van der Waals surface area contributed by atoms with Gasteiger partial charge in [-0.3, -0.25) is 4.79 Å². The first-order valence-electron chi connectivity index (χ1n) is 8.52. The van der Waals surface area contributed by atoms with Crippen molar-refractivity contribution in [2.45, 2.75) is 51.1 Å². The molecule has 0 aromatic rings. The summed E-state index contributed by atoms with van der Waals surface area (Å²) in [5.41, 5.74) is 0. The maximum Gasteiger partial charge on any atom is 0.324 e. The van der Waals surface area contributed by atoms with E-state index in [1.54, 1.807) is 0 Å². The van der Waals surface area contributed by atoms with Gasteiger partial charge in [0.15, 0.2) is 0 Å². The van der Waals surface area contributed by atoms with Crippen LogP contribution in [-0.4, -0.2) is 74.2 Å². The van der Waals surface area contributed by atoms with Gasteiger partial charge in [0.25, 0.3) is 0 Å². The highest BCUT2D eigenvalue weighted by Crippen LogP contribution is 2.20. The number of nitrogens with zero attached hydrogens (tertiary/aromatic N) is 2. The molecular formula is C16H31N3O2. The van der Waals surface area contributed by atoms with Crippen molar-refractivity contribution in [3.05, 3.63) is 0 Å². The van der Waals surface area contributed by atoms with E-state index < -0.39 is 0 Å². The van der Waals surface area contributed by atoms with Gasteiger partial charge in [-0.1, -0.05) is 13.3 Å². The number of carbonyl (C=O) groups excluding carboxylic acids is 1. The van der Waals surface area contributed by atoms with Gasteiger partial charge in [-0.15, -0.1) is 0 Å². The maximum absolute atomic E-state index is 11.8. The van der Waals surface area contributed by atoms with E-state index in [4.69, 9.17) is 4.74 Å². The molecule has 122 valence electrons. The minimum Gasteiger partial charge on any atom is -0.468 e. The second kappa shape index (κ2) is 8.71. The van der Waals surface area contributed by atoms with Crippen LogP contribution in [-0.2, 0) is 9.53 Å². The molecule has 1 atom stereocenters. The molecule has 5 heteroatoms. The molecule has 0 radical (unpaired) electrons. The Labute approximate surface area is 129 Å². The van der Waals surface area contributed by atoms with E-state index in [1.807, 2.05) is 6.92 Å². The molecule has 0 aliphatic carbocycles. The van der Waals surface area contributed by atoms with Crippen LogP contribution in [0, 0.1) is 0 Å². The van der Waals surface area contributed by atoms with E-state index in [1.165, 1.54) is 52.3 Å². The fourth-order valence-electron chi connectivity index (χ4n) is 3.62. The van der Waals surface area contributed by atoms with Crippen LogP contribution in [0.4, 0.5) is 0 Å². The molecule has 1 unspecified atom stereocenters. The number of hydrogen-bond donors (Lipinski definition) is 1. The lowest BCUT2D eigenvalue weighted by molar-refractivity contribution is -0.143. The zero-order valence-corrected chi connectivity index (χ0v) is 13.6. The molecule has 2 aliphatic rings. The summed E-state index contributed by atoms with van der Waals surface area (Å²) < 4.78 is 4.89. The van der Waals surface area contributed by atoms with Crippen molar-refractivity contribution in [3.63, 3.8) is 0 Å². The van der Waals surface area contributed by atoms with Gasteiger partial charge in [0.1, 0.15) is 6.04 Å². The largest absolute Gasteiger partial charge is 0.468 e. The Morgan fingerprint density at radius 3 is 2.43 bits per heavy atom. The third-order valence-electron chi connectivity index (χ3n) is 4.84. The molecule has 2 rings (SSSR count). The molecule has 5 nitrogen and oxygen atoms in total. The highest BCUT2D eigenvalue weighted by Gasteiger charge is 2.28. The molecular weight excluding hydrogens is 266 g/mol. The fourth-order valence-corrected chi connectivity index (χ4v) is 3.62. The summed E-state index contributed by atoms with van der Waals surface area (Å²) in [5, 5.41) is 3.23. The Hall–Kier alpha value is -0.650. The zero-order valence-electron chi connectivity index (χ0n) is 13.6. The minimum atomic E-state index is -0.188. The van der Waals surface area contributed by atoms with Crippen LogP contribution in [0.5, 0.6) is 0 Å². The van der Waals surface area contributed by atoms with Gasteiger partial charge >= 0.3 is 5.97 Å². The normalized spacial score (nSPS) is 23.9. The molecule has 2 fully saturated rings. The second-order valence-corrected chi connectivity index (χ2v) is 6.26. The van der Waals surface area contributed by atoms with Crippen LogP contribution in [0.25, 0.3) is 0 Å².